The third kappa shape index (κ3) is 3.86. The number of hydrogen-bond acceptors (Lipinski definition) is 5. The van der Waals surface area contributed by atoms with Crippen LogP contribution >= 0.6 is 7.75 Å². The lowest BCUT2D eigenvalue weighted by Gasteiger charge is -2.32. The Hall–Kier alpha value is -2.34. The first kappa shape index (κ1) is 19.4. The molecule has 144 valence electrons. The van der Waals surface area contributed by atoms with Crippen LogP contribution in [0.2, 0.25) is 0 Å². The van der Waals surface area contributed by atoms with Crippen LogP contribution < -0.4 is 9.68 Å². The quantitative estimate of drug-likeness (QED) is 0.528. The van der Waals surface area contributed by atoms with Gasteiger partial charge in [-0.05, 0) is 50.2 Å². The number of rotatable bonds is 8. The maximum Gasteiger partial charge on any atom is 0.454 e. The zero-order valence-electron chi connectivity index (χ0n) is 16.1. The van der Waals surface area contributed by atoms with Gasteiger partial charge in [0.25, 0.3) is 0 Å². The summed E-state index contributed by atoms with van der Waals surface area (Å²) in [6, 6.07) is 15.4. The molecule has 0 fully saturated rings. The lowest BCUT2D eigenvalue weighted by Crippen LogP contribution is -2.28. The third-order valence-electron chi connectivity index (χ3n) is 4.05. The summed E-state index contributed by atoms with van der Waals surface area (Å²) in [7, 11) is 0.307. The Morgan fingerprint density at radius 3 is 2.15 bits per heavy atom. The highest BCUT2D eigenvalue weighted by molar-refractivity contribution is 7.55. The number of imidazole rings is 1. The van der Waals surface area contributed by atoms with Crippen molar-refractivity contribution in [3.8, 4) is 0 Å². The molecule has 0 N–H and O–H groups in total. The van der Waals surface area contributed by atoms with Gasteiger partial charge >= 0.3 is 7.75 Å². The Balaban J connectivity index is 2.18. The van der Waals surface area contributed by atoms with Gasteiger partial charge < -0.3 is 4.90 Å². The van der Waals surface area contributed by atoms with Gasteiger partial charge in [0.1, 0.15) is 6.33 Å². The molecule has 0 atom stereocenters. The van der Waals surface area contributed by atoms with Gasteiger partial charge in [-0.2, -0.15) is 4.78 Å². The topological polar surface area (TPSA) is 59.8 Å². The first-order valence-electron chi connectivity index (χ1n) is 8.89. The minimum Gasteiger partial charge on any atom is -0.378 e. The molecular weight excluding hydrogens is 363 g/mol. The lowest BCUT2D eigenvalue weighted by atomic mass is 10.3. The Bertz CT molecular complexity index is 930. The van der Waals surface area contributed by atoms with E-state index in [9.17, 15) is 4.57 Å². The summed E-state index contributed by atoms with van der Waals surface area (Å²) in [6.45, 7) is 4.11. The van der Waals surface area contributed by atoms with Crippen LogP contribution in [0.25, 0.3) is 11.0 Å². The van der Waals surface area contributed by atoms with Crippen LogP contribution in [-0.4, -0.2) is 37.0 Å². The third-order valence-corrected chi connectivity index (χ3v) is 6.11. The molecule has 0 radical (unpaired) electrons. The van der Waals surface area contributed by atoms with Gasteiger partial charge in [-0.1, -0.05) is 12.1 Å². The molecule has 0 bridgehead atoms. The fourth-order valence-electron chi connectivity index (χ4n) is 2.84. The van der Waals surface area contributed by atoms with Gasteiger partial charge in [-0.25, -0.2) is 14.2 Å². The van der Waals surface area contributed by atoms with Gasteiger partial charge in [0.15, 0.2) is 0 Å². The van der Waals surface area contributed by atoms with E-state index in [0.29, 0.717) is 5.69 Å². The van der Waals surface area contributed by atoms with Crippen molar-refractivity contribution in [3.05, 3.63) is 54.9 Å². The molecule has 8 heteroatoms. The van der Waals surface area contributed by atoms with E-state index in [1.165, 1.54) is 0 Å². The fourth-order valence-corrected chi connectivity index (χ4v) is 4.58. The van der Waals surface area contributed by atoms with Crippen LogP contribution in [0.5, 0.6) is 0 Å². The van der Waals surface area contributed by atoms with E-state index in [2.05, 4.69) is 4.98 Å². The molecule has 1 heterocycles. The minimum absolute atomic E-state index is 0.260. The van der Waals surface area contributed by atoms with E-state index in [4.69, 9.17) is 9.05 Å². The largest absolute Gasteiger partial charge is 0.454 e. The van der Waals surface area contributed by atoms with Crippen molar-refractivity contribution >= 4 is 30.2 Å². The zero-order chi connectivity index (χ0) is 19.4. The molecular formula is C19H25N4O3P. The number of benzene rings is 2. The molecule has 7 nitrogen and oxygen atoms in total. The number of fused-ring (bicyclic) bond motifs is 1. The highest BCUT2D eigenvalue weighted by atomic mass is 31.2. The minimum atomic E-state index is -3.64. The predicted octanol–water partition coefficient (Wildman–Crippen LogP) is 4.55. The van der Waals surface area contributed by atoms with Crippen molar-refractivity contribution in [2.45, 2.75) is 13.8 Å². The molecule has 27 heavy (non-hydrogen) atoms. The number of hydrogen-bond donors (Lipinski definition) is 0. The molecule has 0 saturated carbocycles. The van der Waals surface area contributed by atoms with Crippen LogP contribution in [0.1, 0.15) is 13.8 Å². The Kier molecular flexibility index (Phi) is 5.85. The molecule has 0 spiro atoms. The average Bonchev–Trinajstić information content (AvgIpc) is 3.06. The highest BCUT2D eigenvalue weighted by Gasteiger charge is 2.36. The standard InChI is InChI=1S/C19H25N4O3P/c1-5-25-27(24,26-6-2)23(17-13-11-16(12-14-17)21(3)4)22-15-20-18-9-7-8-10-19(18)22/h7-15H,5-6H2,1-4H3. The van der Waals surface area contributed by atoms with Crippen molar-refractivity contribution in [1.29, 1.82) is 0 Å². The molecule has 0 saturated heterocycles. The van der Waals surface area contributed by atoms with Gasteiger partial charge in [0.2, 0.25) is 0 Å². The molecule has 3 aromatic rings. The lowest BCUT2D eigenvalue weighted by molar-refractivity contribution is 0.215. The van der Waals surface area contributed by atoms with E-state index in [-0.39, 0.29) is 13.2 Å². The van der Waals surface area contributed by atoms with Crippen molar-refractivity contribution < 1.29 is 13.6 Å². The smallest absolute Gasteiger partial charge is 0.378 e. The molecule has 0 aliphatic rings. The number of para-hydroxylation sites is 2. The number of aromatic nitrogens is 2. The van der Waals surface area contributed by atoms with Crippen LogP contribution in [0.3, 0.4) is 0 Å². The Labute approximate surface area is 159 Å². The summed E-state index contributed by atoms with van der Waals surface area (Å²) in [5.41, 5.74) is 3.34. The Morgan fingerprint density at radius 2 is 1.56 bits per heavy atom. The fraction of sp³-hybridized carbons (Fsp3) is 0.316. The first-order chi connectivity index (χ1) is 13.0. The molecule has 1 aromatic heterocycles. The van der Waals surface area contributed by atoms with Gasteiger partial charge in [-0.15, -0.1) is 0 Å². The molecule has 0 aliphatic heterocycles. The zero-order valence-corrected chi connectivity index (χ0v) is 17.0. The monoisotopic (exact) mass is 388 g/mol. The molecule has 0 amide bonds. The maximum atomic E-state index is 13.7. The summed E-state index contributed by atoms with van der Waals surface area (Å²) >= 11 is 0. The van der Waals surface area contributed by atoms with E-state index in [1.807, 2.05) is 67.5 Å². The van der Waals surface area contributed by atoms with Crippen LogP contribution in [0, 0.1) is 0 Å². The summed E-state index contributed by atoms with van der Waals surface area (Å²) in [4.78, 5) is 6.43. The summed E-state index contributed by atoms with van der Waals surface area (Å²) < 4.78 is 28.3. The first-order valence-corrected chi connectivity index (χ1v) is 10.4. The highest BCUT2D eigenvalue weighted by Crippen LogP contribution is 2.54. The summed E-state index contributed by atoms with van der Waals surface area (Å²) in [5.74, 6) is 0. The maximum absolute atomic E-state index is 13.7. The second-order valence-corrected chi connectivity index (χ2v) is 7.91. The SMILES string of the molecule is CCOP(=O)(OCC)N(c1ccc(N(C)C)cc1)n1cnc2ccccc21. The van der Waals surface area contributed by atoms with E-state index in [1.54, 1.807) is 29.6 Å². The van der Waals surface area contributed by atoms with Gasteiger partial charge in [0.05, 0.1) is 29.9 Å². The van der Waals surface area contributed by atoms with Crippen LogP contribution in [0.15, 0.2) is 54.9 Å². The van der Waals surface area contributed by atoms with Crippen molar-refractivity contribution in [1.82, 2.24) is 9.66 Å². The Morgan fingerprint density at radius 1 is 0.963 bits per heavy atom. The molecule has 3 rings (SSSR count). The van der Waals surface area contributed by atoms with E-state index >= 15 is 0 Å². The van der Waals surface area contributed by atoms with Crippen molar-refractivity contribution in [3.63, 3.8) is 0 Å². The van der Waals surface area contributed by atoms with E-state index < -0.39 is 7.75 Å². The predicted molar refractivity (Wildman–Crippen MR) is 109 cm³/mol. The van der Waals surface area contributed by atoms with Crippen molar-refractivity contribution in [2.75, 3.05) is 37.0 Å². The van der Waals surface area contributed by atoms with Crippen molar-refractivity contribution in [2.24, 2.45) is 0 Å². The van der Waals surface area contributed by atoms with Crippen LogP contribution in [-0.2, 0) is 13.6 Å². The average molecular weight is 388 g/mol. The summed E-state index contributed by atoms with van der Waals surface area (Å²) in [6.07, 6.45) is 1.63. The second kappa shape index (κ2) is 8.13. The van der Waals surface area contributed by atoms with E-state index in [0.717, 1.165) is 16.7 Å². The normalized spacial score (nSPS) is 11.7. The van der Waals surface area contributed by atoms with Crippen LogP contribution in [0.4, 0.5) is 11.4 Å². The number of nitrogens with zero attached hydrogens (tertiary/aromatic N) is 4. The van der Waals surface area contributed by atoms with Gasteiger partial charge in [-0.3, -0.25) is 9.05 Å². The van der Waals surface area contributed by atoms with Gasteiger partial charge in [0, 0.05) is 19.8 Å². The number of anilines is 2. The molecule has 0 aliphatic carbocycles. The summed E-state index contributed by atoms with van der Waals surface area (Å²) in [5, 5.41) is 0. The molecule has 2 aromatic carbocycles. The molecule has 0 unspecified atom stereocenters. The second-order valence-electron chi connectivity index (χ2n) is 6.08.